The van der Waals surface area contributed by atoms with Crippen LogP contribution in [-0.4, -0.2) is 28.7 Å². The van der Waals surface area contributed by atoms with Gasteiger partial charge in [-0.25, -0.2) is 0 Å². The van der Waals surface area contributed by atoms with Gasteiger partial charge in [0.05, 0.1) is 11.4 Å². The Morgan fingerprint density at radius 2 is 1.16 bits per heavy atom. The van der Waals surface area contributed by atoms with Crippen LogP contribution in [0.5, 0.6) is 5.75 Å². The van der Waals surface area contributed by atoms with Gasteiger partial charge in [0.15, 0.2) is 0 Å². The number of carbonyl (C=O) groups excluding carboxylic acids is 4. The molecule has 0 aliphatic carbocycles. The van der Waals surface area contributed by atoms with Crippen molar-refractivity contribution in [1.29, 1.82) is 0 Å². The van der Waals surface area contributed by atoms with Gasteiger partial charge in [0.1, 0.15) is 5.75 Å². The first-order valence-corrected chi connectivity index (χ1v) is 9.82. The van der Waals surface area contributed by atoms with Crippen molar-refractivity contribution in [2.24, 2.45) is 11.8 Å². The Labute approximate surface area is 180 Å². The fraction of sp³-hybridized carbons (Fsp3) is 0.250. The van der Waals surface area contributed by atoms with Crippen molar-refractivity contribution < 1.29 is 24.3 Å². The van der Waals surface area contributed by atoms with Gasteiger partial charge in [-0.15, -0.1) is 6.42 Å². The largest absolute Gasteiger partial charge is 0.508 e. The number of terminal acetylenes is 1. The number of carbonyl (C=O) groups is 4. The first-order valence-electron chi connectivity index (χ1n) is 9.82. The van der Waals surface area contributed by atoms with E-state index in [1.54, 1.807) is 50.2 Å². The Bertz CT molecular complexity index is 1070. The first kappa shape index (κ1) is 21.8. The molecule has 2 fully saturated rings. The molecule has 158 valence electrons. The molecule has 7 nitrogen and oxygen atoms in total. The summed E-state index contributed by atoms with van der Waals surface area (Å²) >= 11 is 0. The minimum absolute atomic E-state index is 0.117. The summed E-state index contributed by atoms with van der Waals surface area (Å²) in [4.78, 5) is 48.9. The van der Waals surface area contributed by atoms with E-state index in [4.69, 9.17) is 11.5 Å². The number of benzene rings is 2. The number of anilines is 2. The number of hydrogen-bond acceptors (Lipinski definition) is 5. The molecule has 2 heterocycles. The number of phenols is 1. The molecule has 2 unspecified atom stereocenters. The molecule has 0 saturated carbocycles. The van der Waals surface area contributed by atoms with Crippen molar-refractivity contribution in [3.63, 3.8) is 0 Å². The molecular formula is C24H22N2O5. The van der Waals surface area contributed by atoms with Gasteiger partial charge < -0.3 is 5.11 Å². The lowest BCUT2D eigenvalue weighted by Gasteiger charge is -2.14. The van der Waals surface area contributed by atoms with E-state index >= 15 is 0 Å². The van der Waals surface area contributed by atoms with Gasteiger partial charge in [-0.05, 0) is 48.5 Å². The molecule has 2 aliphatic rings. The van der Waals surface area contributed by atoms with E-state index in [1.807, 2.05) is 0 Å². The van der Waals surface area contributed by atoms with Crippen LogP contribution in [-0.2, 0) is 19.2 Å². The topological polar surface area (TPSA) is 95.0 Å². The smallest absolute Gasteiger partial charge is 0.237 e. The summed E-state index contributed by atoms with van der Waals surface area (Å²) in [5.41, 5.74) is 1.85. The molecule has 7 heteroatoms. The van der Waals surface area contributed by atoms with E-state index in [-0.39, 0.29) is 54.1 Å². The molecular weight excluding hydrogens is 396 g/mol. The minimum Gasteiger partial charge on any atom is -0.508 e. The van der Waals surface area contributed by atoms with Crippen molar-refractivity contribution in [3.05, 3.63) is 54.1 Å². The second-order valence-corrected chi connectivity index (χ2v) is 7.55. The van der Waals surface area contributed by atoms with Crippen molar-refractivity contribution in [1.82, 2.24) is 0 Å². The van der Waals surface area contributed by atoms with Crippen LogP contribution in [0.3, 0.4) is 0 Å². The Balaban J connectivity index is 0.000000176. The summed E-state index contributed by atoms with van der Waals surface area (Å²) in [6, 6.07) is 12.9. The molecule has 2 aliphatic heterocycles. The zero-order chi connectivity index (χ0) is 22.7. The highest BCUT2D eigenvalue weighted by molar-refractivity contribution is 6.21. The fourth-order valence-electron chi connectivity index (χ4n) is 3.42. The summed E-state index contributed by atoms with van der Waals surface area (Å²) in [5.74, 6) is 1.49. The third-order valence-electron chi connectivity index (χ3n) is 5.14. The molecule has 0 aromatic heterocycles. The van der Waals surface area contributed by atoms with Crippen molar-refractivity contribution in [3.8, 4) is 18.1 Å². The zero-order valence-corrected chi connectivity index (χ0v) is 17.2. The first-order chi connectivity index (χ1) is 14.7. The highest BCUT2D eigenvalue weighted by Crippen LogP contribution is 2.27. The monoisotopic (exact) mass is 418 g/mol. The Hall–Kier alpha value is -3.92. The number of hydrogen-bond donors (Lipinski definition) is 1. The maximum absolute atomic E-state index is 11.7. The van der Waals surface area contributed by atoms with E-state index in [0.29, 0.717) is 11.4 Å². The van der Waals surface area contributed by atoms with Crippen LogP contribution in [0, 0.1) is 24.2 Å². The highest BCUT2D eigenvalue weighted by Gasteiger charge is 2.37. The number of rotatable bonds is 2. The highest BCUT2D eigenvalue weighted by atomic mass is 16.3. The molecule has 2 aromatic carbocycles. The van der Waals surface area contributed by atoms with Crippen LogP contribution >= 0.6 is 0 Å². The van der Waals surface area contributed by atoms with Gasteiger partial charge in [-0.3, -0.25) is 29.0 Å². The summed E-state index contributed by atoms with van der Waals surface area (Å²) in [6.07, 6.45) is 5.78. The van der Waals surface area contributed by atoms with Gasteiger partial charge in [0, 0.05) is 30.2 Å². The molecule has 0 radical (unpaired) electrons. The lowest BCUT2D eigenvalue weighted by atomic mass is 10.1. The quantitative estimate of drug-likeness (QED) is 0.598. The zero-order valence-electron chi connectivity index (χ0n) is 17.2. The van der Waals surface area contributed by atoms with E-state index in [1.165, 1.54) is 21.9 Å². The third kappa shape index (κ3) is 4.48. The second-order valence-electron chi connectivity index (χ2n) is 7.55. The van der Waals surface area contributed by atoms with Crippen LogP contribution in [0.1, 0.15) is 32.3 Å². The third-order valence-corrected chi connectivity index (χ3v) is 5.14. The molecule has 0 bridgehead atoms. The maximum atomic E-state index is 11.7. The van der Waals surface area contributed by atoms with Crippen LogP contribution < -0.4 is 9.80 Å². The lowest BCUT2D eigenvalue weighted by molar-refractivity contribution is -0.123. The molecule has 2 atom stereocenters. The number of nitrogens with zero attached hydrogens (tertiary/aromatic N) is 2. The van der Waals surface area contributed by atoms with Crippen molar-refractivity contribution in [2.75, 3.05) is 9.80 Å². The van der Waals surface area contributed by atoms with E-state index in [0.717, 1.165) is 5.56 Å². The number of aromatic hydroxyl groups is 1. The van der Waals surface area contributed by atoms with Crippen LogP contribution in [0.4, 0.5) is 11.4 Å². The average molecular weight is 418 g/mol. The molecule has 4 amide bonds. The van der Waals surface area contributed by atoms with E-state index in [9.17, 15) is 19.2 Å². The van der Waals surface area contributed by atoms with Crippen LogP contribution in [0.15, 0.2) is 48.5 Å². The van der Waals surface area contributed by atoms with Gasteiger partial charge in [0.2, 0.25) is 23.6 Å². The lowest BCUT2D eigenvalue weighted by Crippen LogP contribution is -2.29. The molecule has 4 rings (SSSR count). The summed E-state index contributed by atoms with van der Waals surface area (Å²) in [5, 5.41) is 9.09. The number of phenolic OH excluding ortho intramolecular Hbond substituents is 1. The predicted octanol–water partition coefficient (Wildman–Crippen LogP) is 2.86. The Morgan fingerprint density at radius 3 is 1.48 bits per heavy atom. The fourth-order valence-corrected chi connectivity index (χ4v) is 3.42. The van der Waals surface area contributed by atoms with E-state index in [2.05, 4.69) is 5.92 Å². The van der Waals surface area contributed by atoms with E-state index < -0.39 is 0 Å². The number of imide groups is 2. The molecule has 1 N–H and O–H groups in total. The van der Waals surface area contributed by atoms with Gasteiger partial charge >= 0.3 is 0 Å². The maximum Gasteiger partial charge on any atom is 0.237 e. The molecule has 2 saturated heterocycles. The molecule has 0 spiro atoms. The second kappa shape index (κ2) is 8.84. The van der Waals surface area contributed by atoms with Gasteiger partial charge in [-0.1, -0.05) is 19.8 Å². The summed E-state index contributed by atoms with van der Waals surface area (Å²) in [7, 11) is 0. The standard InChI is InChI=1S/C13H11NO2.C11H11NO3/c1-3-10-4-6-11(7-5-10)14-12(15)8-9(2)13(14)16;1-7-6-10(14)12(11(7)15)8-2-4-9(13)5-3-8/h1,4-7,9H,8H2,2H3;2-5,7,13H,6H2,1H3. The van der Waals surface area contributed by atoms with Crippen molar-refractivity contribution in [2.45, 2.75) is 26.7 Å². The number of amides is 4. The van der Waals surface area contributed by atoms with Gasteiger partial charge in [0.25, 0.3) is 0 Å². The summed E-state index contributed by atoms with van der Waals surface area (Å²) in [6.45, 7) is 3.50. The average Bonchev–Trinajstić information content (AvgIpc) is 3.16. The predicted molar refractivity (Wildman–Crippen MR) is 115 cm³/mol. The van der Waals surface area contributed by atoms with Crippen LogP contribution in [0.2, 0.25) is 0 Å². The van der Waals surface area contributed by atoms with Crippen molar-refractivity contribution >= 4 is 35.0 Å². The minimum atomic E-state index is -0.244. The Morgan fingerprint density at radius 1 is 0.774 bits per heavy atom. The molecule has 31 heavy (non-hydrogen) atoms. The SMILES string of the molecule is C#Cc1ccc(N2C(=O)CC(C)C2=O)cc1.CC1CC(=O)N(c2ccc(O)cc2)C1=O. The van der Waals surface area contributed by atoms with Crippen LogP contribution in [0.25, 0.3) is 0 Å². The Kier molecular flexibility index (Phi) is 6.21. The summed E-state index contributed by atoms with van der Waals surface area (Å²) < 4.78 is 0. The normalized spacial score (nSPS) is 20.5. The molecule has 2 aromatic rings. The van der Waals surface area contributed by atoms with Gasteiger partial charge in [-0.2, -0.15) is 0 Å².